The number of benzene rings is 1. The van der Waals surface area contributed by atoms with Crippen molar-refractivity contribution in [2.24, 2.45) is 0 Å². The molecule has 23 heavy (non-hydrogen) atoms. The number of hydrogen-bond acceptors (Lipinski definition) is 3. The normalized spacial score (nSPS) is 13.8. The summed E-state index contributed by atoms with van der Waals surface area (Å²) in [6, 6.07) is 12.1. The van der Waals surface area contributed by atoms with E-state index in [1.165, 1.54) is 0 Å². The van der Waals surface area contributed by atoms with Gasteiger partial charge >= 0.3 is 0 Å². The summed E-state index contributed by atoms with van der Waals surface area (Å²) in [5.74, 6) is 0.978. The Bertz CT molecular complexity index is 661. The Kier molecular flexibility index (Phi) is 5.57. The predicted molar refractivity (Wildman–Crippen MR) is 94.6 cm³/mol. The highest BCUT2D eigenvalue weighted by Gasteiger charge is 2.32. The highest BCUT2D eigenvalue weighted by molar-refractivity contribution is 7.99. The van der Waals surface area contributed by atoms with Gasteiger partial charge in [-0.15, -0.1) is 11.8 Å². The monoisotopic (exact) mass is 346 g/mol. The van der Waals surface area contributed by atoms with Gasteiger partial charge in [0, 0.05) is 42.0 Å². The molecule has 1 aromatic carbocycles. The molecule has 0 spiro atoms. The fourth-order valence-corrected chi connectivity index (χ4v) is 3.62. The van der Waals surface area contributed by atoms with Gasteiger partial charge in [0.1, 0.15) is 0 Å². The van der Waals surface area contributed by atoms with E-state index in [9.17, 15) is 4.79 Å². The molecule has 1 amide bonds. The van der Waals surface area contributed by atoms with E-state index in [1.54, 1.807) is 24.2 Å². The maximum atomic E-state index is 12.6. The molecule has 0 atom stereocenters. The van der Waals surface area contributed by atoms with E-state index in [4.69, 9.17) is 11.6 Å². The minimum Gasteiger partial charge on any atom is -0.335 e. The summed E-state index contributed by atoms with van der Waals surface area (Å²) in [6.07, 6.45) is 6.33. The second-order valence-corrected chi connectivity index (χ2v) is 7.18. The first kappa shape index (κ1) is 16.3. The van der Waals surface area contributed by atoms with Crippen LogP contribution in [0.2, 0.25) is 5.02 Å². The average molecular weight is 347 g/mol. The molecule has 1 aliphatic carbocycles. The van der Waals surface area contributed by atoms with E-state index >= 15 is 0 Å². The largest absolute Gasteiger partial charge is 0.335 e. The SMILES string of the molecule is O=C(CCSc1ccccc1Cl)N(Cc1ccncc1)C1CC1. The molecule has 0 bridgehead atoms. The van der Waals surface area contributed by atoms with Crippen molar-refractivity contribution in [3.05, 3.63) is 59.4 Å². The third-order valence-corrected chi connectivity index (χ3v) is 5.34. The van der Waals surface area contributed by atoms with E-state index in [0.717, 1.165) is 34.1 Å². The van der Waals surface area contributed by atoms with Crippen molar-refractivity contribution in [3.8, 4) is 0 Å². The average Bonchev–Trinajstić information content (AvgIpc) is 3.40. The first-order chi connectivity index (χ1) is 11.2. The summed E-state index contributed by atoms with van der Waals surface area (Å²) in [7, 11) is 0. The van der Waals surface area contributed by atoms with Crippen LogP contribution in [0.5, 0.6) is 0 Å². The van der Waals surface area contributed by atoms with Crippen molar-refractivity contribution in [3.63, 3.8) is 0 Å². The molecule has 2 aromatic rings. The number of aromatic nitrogens is 1. The van der Waals surface area contributed by atoms with Gasteiger partial charge in [0.15, 0.2) is 0 Å². The zero-order chi connectivity index (χ0) is 16.1. The highest BCUT2D eigenvalue weighted by atomic mass is 35.5. The molecule has 0 unspecified atom stereocenters. The lowest BCUT2D eigenvalue weighted by molar-refractivity contribution is -0.131. The van der Waals surface area contributed by atoms with Gasteiger partial charge in [0.2, 0.25) is 5.91 Å². The lowest BCUT2D eigenvalue weighted by Crippen LogP contribution is -2.32. The zero-order valence-electron chi connectivity index (χ0n) is 12.8. The minimum atomic E-state index is 0.226. The number of hydrogen-bond donors (Lipinski definition) is 0. The van der Waals surface area contributed by atoms with Gasteiger partial charge < -0.3 is 4.90 Å². The zero-order valence-corrected chi connectivity index (χ0v) is 14.4. The first-order valence-electron chi connectivity index (χ1n) is 7.80. The molecule has 1 aromatic heterocycles. The molecule has 3 rings (SSSR count). The molecule has 120 valence electrons. The van der Waals surface area contributed by atoms with E-state index in [0.29, 0.717) is 19.0 Å². The Balaban J connectivity index is 1.54. The molecule has 0 saturated heterocycles. The lowest BCUT2D eigenvalue weighted by Gasteiger charge is -2.22. The highest BCUT2D eigenvalue weighted by Crippen LogP contribution is 2.30. The second-order valence-electron chi connectivity index (χ2n) is 5.64. The van der Waals surface area contributed by atoms with Crippen LogP contribution in [-0.4, -0.2) is 27.6 Å². The van der Waals surface area contributed by atoms with Crippen LogP contribution in [0, 0.1) is 0 Å². The fourth-order valence-electron chi connectivity index (χ4n) is 2.45. The number of halogens is 1. The summed E-state index contributed by atoms with van der Waals surface area (Å²) < 4.78 is 0. The molecule has 0 aliphatic heterocycles. The van der Waals surface area contributed by atoms with Crippen LogP contribution in [0.4, 0.5) is 0 Å². The molecule has 3 nitrogen and oxygen atoms in total. The molecule has 0 radical (unpaired) electrons. The summed E-state index contributed by atoms with van der Waals surface area (Å²) in [4.78, 5) is 19.7. The number of carbonyl (C=O) groups excluding carboxylic acids is 1. The van der Waals surface area contributed by atoms with Gasteiger partial charge in [-0.05, 0) is 42.7 Å². The van der Waals surface area contributed by atoms with Gasteiger partial charge in [-0.2, -0.15) is 0 Å². The predicted octanol–water partition coefficient (Wildman–Crippen LogP) is 4.41. The van der Waals surface area contributed by atoms with Crippen molar-refractivity contribution in [2.45, 2.75) is 36.7 Å². The van der Waals surface area contributed by atoms with Gasteiger partial charge in [0.25, 0.3) is 0 Å². The van der Waals surface area contributed by atoms with Crippen molar-refractivity contribution in [1.82, 2.24) is 9.88 Å². The van der Waals surface area contributed by atoms with Crippen molar-refractivity contribution >= 4 is 29.3 Å². The second kappa shape index (κ2) is 7.84. The minimum absolute atomic E-state index is 0.226. The Morgan fingerprint density at radius 2 is 1.96 bits per heavy atom. The van der Waals surface area contributed by atoms with Crippen LogP contribution < -0.4 is 0 Å². The van der Waals surface area contributed by atoms with E-state index < -0.39 is 0 Å². The smallest absolute Gasteiger partial charge is 0.223 e. The van der Waals surface area contributed by atoms with Crippen molar-refractivity contribution < 1.29 is 4.79 Å². The van der Waals surface area contributed by atoms with E-state index in [2.05, 4.69) is 4.98 Å². The molecule has 0 N–H and O–H groups in total. The number of rotatable bonds is 7. The topological polar surface area (TPSA) is 33.2 Å². The Hall–Kier alpha value is -1.52. The van der Waals surface area contributed by atoms with Crippen LogP contribution in [0.3, 0.4) is 0 Å². The molecular weight excluding hydrogens is 328 g/mol. The van der Waals surface area contributed by atoms with Gasteiger partial charge in [-0.3, -0.25) is 9.78 Å². The molecule has 1 fully saturated rings. The van der Waals surface area contributed by atoms with E-state index in [1.807, 2.05) is 41.3 Å². The number of pyridine rings is 1. The Morgan fingerprint density at radius 1 is 1.22 bits per heavy atom. The maximum absolute atomic E-state index is 12.6. The molecule has 5 heteroatoms. The quantitative estimate of drug-likeness (QED) is 0.696. The Morgan fingerprint density at radius 3 is 2.65 bits per heavy atom. The number of nitrogens with zero attached hydrogens (tertiary/aromatic N) is 2. The van der Waals surface area contributed by atoms with Crippen LogP contribution in [-0.2, 0) is 11.3 Å². The van der Waals surface area contributed by atoms with Gasteiger partial charge in [0.05, 0.1) is 5.02 Å². The van der Waals surface area contributed by atoms with E-state index in [-0.39, 0.29) is 5.91 Å². The van der Waals surface area contributed by atoms with Gasteiger partial charge in [-0.25, -0.2) is 0 Å². The number of amides is 1. The summed E-state index contributed by atoms with van der Waals surface area (Å²) in [5, 5.41) is 0.751. The maximum Gasteiger partial charge on any atom is 0.223 e. The van der Waals surface area contributed by atoms with Crippen molar-refractivity contribution in [1.29, 1.82) is 0 Å². The molecule has 1 aliphatic rings. The number of carbonyl (C=O) groups is 1. The lowest BCUT2D eigenvalue weighted by atomic mass is 10.2. The third kappa shape index (κ3) is 4.72. The molecular formula is C18H19ClN2OS. The molecule has 1 saturated carbocycles. The van der Waals surface area contributed by atoms with Gasteiger partial charge in [-0.1, -0.05) is 23.7 Å². The summed E-state index contributed by atoms with van der Waals surface area (Å²) in [5.41, 5.74) is 1.14. The van der Waals surface area contributed by atoms with Crippen molar-refractivity contribution in [2.75, 3.05) is 5.75 Å². The van der Waals surface area contributed by atoms with Crippen LogP contribution in [0.25, 0.3) is 0 Å². The fraction of sp³-hybridized carbons (Fsp3) is 0.333. The summed E-state index contributed by atoms with van der Waals surface area (Å²) in [6.45, 7) is 0.683. The first-order valence-corrected chi connectivity index (χ1v) is 9.16. The third-order valence-electron chi connectivity index (χ3n) is 3.82. The van der Waals surface area contributed by atoms with Crippen LogP contribution in [0.15, 0.2) is 53.7 Å². The standard InChI is InChI=1S/C18H19ClN2OS/c19-16-3-1-2-4-17(16)23-12-9-18(22)21(15-5-6-15)13-14-7-10-20-11-8-14/h1-4,7-8,10-11,15H,5-6,9,12-13H2. The van der Waals surface area contributed by atoms with Crippen LogP contribution in [0.1, 0.15) is 24.8 Å². The number of thioether (sulfide) groups is 1. The Labute approximate surface area is 146 Å². The summed E-state index contributed by atoms with van der Waals surface area (Å²) >= 11 is 7.79. The van der Waals surface area contributed by atoms with Crippen LogP contribution >= 0.6 is 23.4 Å². The molecule has 1 heterocycles.